The van der Waals surface area contributed by atoms with Gasteiger partial charge in [-0.2, -0.15) is 0 Å². The SMILES string of the molecule is C=C[C@@]12O/C=C/[C@H](OC)[C@@H](C)[C@@H](OC(=O)CC(=O)N3CCN(c4ccccc4)CC3)[C@H](C)[C@H](O)[C@H](C)[C@@H](O)[C@@H](C)/C=C/C=C(/C)C(=O)Nc3c(O)c4c(O)c(C)c(c(c4c4c3=NC3(CCN(CC(C)C)CC3)N=4)C1=O)O2. The molecule has 408 valence electrons. The highest BCUT2D eigenvalue weighted by Gasteiger charge is 2.52. The van der Waals surface area contributed by atoms with Crippen molar-refractivity contribution in [3.63, 3.8) is 0 Å². The summed E-state index contributed by atoms with van der Waals surface area (Å²) in [5.41, 5.74) is 0.209. The Bertz CT molecular complexity index is 2960. The van der Waals surface area contributed by atoms with Crippen LogP contribution < -0.4 is 25.7 Å². The van der Waals surface area contributed by atoms with Gasteiger partial charge in [-0.1, -0.05) is 84.5 Å². The van der Waals surface area contributed by atoms with Crippen LogP contribution >= 0.6 is 0 Å². The quantitative estimate of drug-likeness (QED) is 0.0797. The molecule has 18 nitrogen and oxygen atoms in total. The van der Waals surface area contributed by atoms with Crippen molar-refractivity contribution >= 4 is 45.7 Å². The third-order valence-corrected chi connectivity index (χ3v) is 16.0. The Kier molecular flexibility index (Phi) is 16.5. The van der Waals surface area contributed by atoms with Crippen LogP contribution in [0.25, 0.3) is 10.8 Å². The van der Waals surface area contributed by atoms with Gasteiger partial charge in [0.05, 0.1) is 40.9 Å². The summed E-state index contributed by atoms with van der Waals surface area (Å²) in [5, 5.41) is 51.1. The molecule has 2 saturated heterocycles. The van der Waals surface area contributed by atoms with Crippen molar-refractivity contribution in [3.05, 3.63) is 101 Å². The molecule has 9 rings (SSSR count). The van der Waals surface area contributed by atoms with E-state index in [-0.39, 0.29) is 49.6 Å². The van der Waals surface area contributed by atoms with Gasteiger partial charge < -0.3 is 59.4 Å². The maximum Gasteiger partial charge on any atom is 0.336 e. The lowest BCUT2D eigenvalue weighted by molar-refractivity contribution is -0.165. The van der Waals surface area contributed by atoms with E-state index >= 15 is 4.79 Å². The first-order chi connectivity index (χ1) is 36.1. The van der Waals surface area contributed by atoms with Gasteiger partial charge >= 0.3 is 11.8 Å². The Morgan fingerprint density at radius 2 is 1.57 bits per heavy atom. The van der Waals surface area contributed by atoms with Crippen molar-refractivity contribution in [3.8, 4) is 17.2 Å². The van der Waals surface area contributed by atoms with Crippen molar-refractivity contribution in [2.75, 3.05) is 63.1 Å². The maximum atomic E-state index is 15.1. The van der Waals surface area contributed by atoms with E-state index in [4.69, 9.17) is 28.9 Å². The van der Waals surface area contributed by atoms with Crippen LogP contribution in [-0.4, -0.2) is 143 Å². The number of piperazine rings is 1. The number of rotatable bonds is 8. The van der Waals surface area contributed by atoms with Gasteiger partial charge in [0, 0.05) is 118 Å². The number of piperidine rings is 1. The number of anilines is 2. The minimum absolute atomic E-state index is 0.0368. The van der Waals surface area contributed by atoms with Crippen molar-refractivity contribution < 1.29 is 58.6 Å². The standard InChI is InChI=1S/C58H74N6O12/c1-11-58-55(71)45-43-44(51(69)38(9)54(45)76-58)52(70)48(47-46(43)60-57(61-47)21-23-62(24-22-57)31-32(2)3)59-56(72)34(5)17-15-16-33(4)49(67)36(7)50(68)37(8)53(35(6)40(73-10)20-29-74-58)75-42(66)30-41(65)64-27-25-63(26-28-64)39-18-13-12-14-19-39/h11-20,29,32-33,35-37,40,49-50,53,67-70H,1,21-28,30-31H2,2-10H3,(H,59,72)/b16-15+,29-20+,34-17-/t33-,35+,36+,37+,40-,49-,50+,53+,58-/m0/s1. The summed E-state index contributed by atoms with van der Waals surface area (Å²) in [5.74, 6) is -8.24. The number of likely N-dealkylation sites (tertiary alicyclic amines) is 1. The van der Waals surface area contributed by atoms with Gasteiger partial charge in [-0.3, -0.25) is 29.2 Å². The molecular weight excluding hydrogens is 973 g/mol. The summed E-state index contributed by atoms with van der Waals surface area (Å²) in [6, 6.07) is 9.88. The number of benzene rings is 3. The first-order valence-electron chi connectivity index (χ1n) is 26.5. The molecule has 2 fully saturated rings. The summed E-state index contributed by atoms with van der Waals surface area (Å²) < 4.78 is 24.8. The van der Waals surface area contributed by atoms with E-state index in [2.05, 4.69) is 35.5 Å². The molecule has 6 aliphatic rings. The number of phenols is 2. The topological polar surface area (TPSA) is 233 Å². The predicted octanol–water partition coefficient (Wildman–Crippen LogP) is 5.63. The molecule has 2 amide bonds. The number of ketones is 1. The van der Waals surface area contributed by atoms with E-state index in [9.17, 15) is 34.8 Å². The average molecular weight is 1050 g/mol. The van der Waals surface area contributed by atoms with Gasteiger partial charge in [0.1, 0.15) is 35.1 Å². The largest absolute Gasteiger partial charge is 0.507 e. The van der Waals surface area contributed by atoms with E-state index < -0.39 is 101 Å². The number of carbonyl (C=O) groups excluding carboxylic acids is 4. The van der Waals surface area contributed by atoms with Crippen LogP contribution in [0.4, 0.5) is 11.4 Å². The maximum absolute atomic E-state index is 15.1. The zero-order valence-corrected chi connectivity index (χ0v) is 45.1. The van der Waals surface area contributed by atoms with E-state index in [1.54, 1.807) is 57.7 Å². The highest BCUT2D eigenvalue weighted by molar-refractivity contribution is 6.20. The van der Waals surface area contributed by atoms with E-state index in [1.807, 2.05) is 30.3 Å². The van der Waals surface area contributed by atoms with Crippen molar-refractivity contribution in [1.29, 1.82) is 0 Å². The Morgan fingerprint density at radius 3 is 2.21 bits per heavy atom. The third kappa shape index (κ3) is 10.7. The number of Topliss-reactive ketones (excluding diaryl/α,β-unsaturated/α-hetero) is 1. The molecule has 0 unspecified atom stereocenters. The molecule has 0 aromatic heterocycles. The second-order valence-corrected chi connectivity index (χ2v) is 21.6. The Morgan fingerprint density at radius 1 is 0.895 bits per heavy atom. The molecule has 5 N–H and O–H groups in total. The van der Waals surface area contributed by atoms with Crippen molar-refractivity contribution in [2.45, 2.75) is 111 Å². The van der Waals surface area contributed by atoms with Crippen LogP contribution in [0.3, 0.4) is 0 Å². The van der Waals surface area contributed by atoms with Crippen LogP contribution in [0, 0.1) is 36.5 Å². The number of phenolic OH excluding ortho intramolecular Hbond substituents is 2. The number of ether oxygens (including phenoxy) is 4. The number of aromatic hydroxyl groups is 2. The molecule has 6 heterocycles. The smallest absolute Gasteiger partial charge is 0.336 e. The first-order valence-corrected chi connectivity index (χ1v) is 26.5. The van der Waals surface area contributed by atoms with Crippen molar-refractivity contribution in [2.24, 2.45) is 39.6 Å². The number of amides is 2. The predicted molar refractivity (Wildman–Crippen MR) is 286 cm³/mol. The summed E-state index contributed by atoms with van der Waals surface area (Å²) in [4.78, 5) is 73.3. The number of aliphatic hydroxyl groups is 2. The number of carbonyl (C=O) groups is 4. The van der Waals surface area contributed by atoms with Gasteiger partial charge in [-0.05, 0) is 38.0 Å². The Labute approximate surface area is 444 Å². The highest BCUT2D eigenvalue weighted by atomic mass is 16.7. The fourth-order valence-electron chi connectivity index (χ4n) is 11.3. The number of nitrogens with one attached hydrogen (secondary N) is 1. The fraction of sp³-hybridized carbons (Fsp3) is 0.517. The van der Waals surface area contributed by atoms with Crippen molar-refractivity contribution in [1.82, 2.24) is 9.80 Å². The summed E-state index contributed by atoms with van der Waals surface area (Å²) in [6.07, 6.45) is 4.81. The minimum Gasteiger partial charge on any atom is -0.507 e. The van der Waals surface area contributed by atoms with Crippen LogP contribution in [0.2, 0.25) is 0 Å². The second kappa shape index (κ2) is 22.5. The molecule has 3 aromatic carbocycles. The molecule has 18 heteroatoms. The lowest BCUT2D eigenvalue weighted by atomic mass is 9.78. The number of allylic oxidation sites excluding steroid dienone is 2. The zero-order chi connectivity index (χ0) is 55.0. The molecular formula is C58H74N6O12. The molecule has 0 saturated carbocycles. The first kappa shape index (κ1) is 55.6. The van der Waals surface area contributed by atoms with Gasteiger partial charge in [0.25, 0.3) is 11.7 Å². The number of hydrogen-bond donors (Lipinski definition) is 5. The second-order valence-electron chi connectivity index (χ2n) is 21.6. The molecule has 0 aliphatic carbocycles. The van der Waals surface area contributed by atoms with Gasteiger partial charge in [0.15, 0.2) is 11.4 Å². The molecule has 1 spiro atoms. The van der Waals surface area contributed by atoms with Crippen LogP contribution in [0.1, 0.15) is 83.7 Å². The zero-order valence-electron chi connectivity index (χ0n) is 45.1. The lowest BCUT2D eigenvalue weighted by Gasteiger charge is -2.38. The Balaban J connectivity index is 1.17. The average Bonchev–Trinajstić information content (AvgIpc) is 4.05. The van der Waals surface area contributed by atoms with E-state index in [0.29, 0.717) is 58.0 Å². The molecule has 0 radical (unpaired) electrons. The number of para-hydroxylation sites is 1. The normalized spacial score (nSPS) is 29.7. The highest BCUT2D eigenvalue weighted by Crippen LogP contribution is 2.50. The summed E-state index contributed by atoms with van der Waals surface area (Å²) in [7, 11) is 1.43. The monoisotopic (exact) mass is 1050 g/mol. The lowest BCUT2D eigenvalue weighted by Crippen LogP contribution is -2.50. The number of esters is 1. The number of nitrogens with zero attached hydrogens (tertiary/aromatic N) is 5. The molecule has 6 aliphatic heterocycles. The molecule has 5 bridgehead atoms. The van der Waals surface area contributed by atoms with Gasteiger partial charge in [-0.15, -0.1) is 0 Å². The molecule has 9 atom stereocenters. The molecule has 76 heavy (non-hydrogen) atoms. The van der Waals surface area contributed by atoms with Gasteiger partial charge in [-0.25, -0.2) is 0 Å². The van der Waals surface area contributed by atoms with Crippen LogP contribution in [0.5, 0.6) is 17.2 Å². The summed E-state index contributed by atoms with van der Waals surface area (Å²) >= 11 is 0. The third-order valence-electron chi connectivity index (χ3n) is 16.0. The number of hydrogen-bond acceptors (Lipinski definition) is 16. The van der Waals surface area contributed by atoms with Gasteiger partial charge in [0.2, 0.25) is 5.91 Å². The van der Waals surface area contributed by atoms with Crippen LogP contribution in [-0.2, 0) is 28.6 Å². The van der Waals surface area contributed by atoms with Crippen LogP contribution in [0.15, 0.2) is 89.1 Å². The molecule has 3 aromatic rings. The van der Waals surface area contributed by atoms with E-state index in [0.717, 1.165) is 12.2 Å². The number of aliphatic hydroxyl groups excluding tert-OH is 2. The number of fused-ring (bicyclic) bond motifs is 13. The summed E-state index contributed by atoms with van der Waals surface area (Å²) in [6.45, 7) is 22.4. The Hall–Kier alpha value is -6.60. The van der Waals surface area contributed by atoms with E-state index in [1.165, 1.54) is 32.4 Å². The fourth-order valence-corrected chi connectivity index (χ4v) is 11.3. The minimum atomic E-state index is -2.22. The number of methoxy groups -OCH3 is 1.